The van der Waals surface area contributed by atoms with Crippen LogP contribution < -0.4 is 0 Å². The average molecular weight is 417 g/mol. The SMILES string of the molecule is CN(C1CCc2c(CC(=O)O)c3cnccn3c2C1)S(=O)(=O)c1ccc(F)cc1. The summed E-state index contributed by atoms with van der Waals surface area (Å²) in [6.45, 7) is 0. The number of carboxylic acid groups (broad SMARTS) is 1. The van der Waals surface area contributed by atoms with Gasteiger partial charge in [-0.05, 0) is 48.2 Å². The molecule has 0 aliphatic heterocycles. The lowest BCUT2D eigenvalue weighted by molar-refractivity contribution is -0.136. The van der Waals surface area contributed by atoms with Gasteiger partial charge >= 0.3 is 5.97 Å². The van der Waals surface area contributed by atoms with Crippen molar-refractivity contribution >= 4 is 21.5 Å². The highest BCUT2D eigenvalue weighted by molar-refractivity contribution is 7.89. The van der Waals surface area contributed by atoms with Crippen LogP contribution in [-0.4, -0.2) is 46.3 Å². The van der Waals surface area contributed by atoms with E-state index in [0.717, 1.165) is 34.5 Å². The first-order valence-corrected chi connectivity index (χ1v) is 10.6. The van der Waals surface area contributed by atoms with Crippen molar-refractivity contribution in [3.63, 3.8) is 0 Å². The summed E-state index contributed by atoms with van der Waals surface area (Å²) in [5.74, 6) is -1.41. The van der Waals surface area contributed by atoms with Gasteiger partial charge in [-0.3, -0.25) is 9.78 Å². The Balaban J connectivity index is 1.70. The Morgan fingerprint density at radius 3 is 2.76 bits per heavy atom. The summed E-state index contributed by atoms with van der Waals surface area (Å²) < 4.78 is 42.4. The molecule has 4 rings (SSSR count). The van der Waals surface area contributed by atoms with E-state index in [1.165, 1.54) is 23.5 Å². The molecule has 1 N–H and O–H groups in total. The summed E-state index contributed by atoms with van der Waals surface area (Å²) >= 11 is 0. The van der Waals surface area contributed by atoms with Gasteiger partial charge in [0.25, 0.3) is 0 Å². The number of carboxylic acids is 1. The smallest absolute Gasteiger partial charge is 0.307 e. The summed E-state index contributed by atoms with van der Waals surface area (Å²) in [7, 11) is -2.24. The van der Waals surface area contributed by atoms with E-state index < -0.39 is 21.8 Å². The molecule has 0 bridgehead atoms. The van der Waals surface area contributed by atoms with E-state index in [0.29, 0.717) is 19.3 Å². The molecular weight excluding hydrogens is 397 g/mol. The number of likely N-dealkylation sites (N-methyl/N-ethyl adjacent to an activating group) is 1. The predicted octanol–water partition coefficient (Wildman–Crippen LogP) is 2.28. The van der Waals surface area contributed by atoms with Gasteiger partial charge < -0.3 is 9.51 Å². The van der Waals surface area contributed by atoms with Gasteiger partial charge in [0.2, 0.25) is 10.0 Å². The van der Waals surface area contributed by atoms with Crippen molar-refractivity contribution in [2.24, 2.45) is 0 Å². The Morgan fingerprint density at radius 1 is 1.34 bits per heavy atom. The standard InChI is InChI=1S/C20H20FN3O4S/c1-23(29(27,28)15-5-2-13(21)3-6-15)14-4-7-16-17(11-20(25)26)19-12-22-8-9-24(19)18(16)10-14/h2-3,5-6,8-9,12,14H,4,7,10-11H2,1H3,(H,25,26). The van der Waals surface area contributed by atoms with Crippen LogP contribution in [0.5, 0.6) is 0 Å². The largest absolute Gasteiger partial charge is 0.481 e. The highest BCUT2D eigenvalue weighted by Crippen LogP contribution is 2.33. The van der Waals surface area contributed by atoms with Gasteiger partial charge in [0, 0.05) is 37.6 Å². The lowest BCUT2D eigenvalue weighted by atomic mass is 9.90. The number of carbonyl (C=O) groups is 1. The Bertz CT molecular complexity index is 1190. The number of aromatic nitrogens is 2. The molecule has 0 fully saturated rings. The number of fused-ring (bicyclic) bond motifs is 3. The zero-order chi connectivity index (χ0) is 20.8. The second-order valence-electron chi connectivity index (χ2n) is 7.18. The van der Waals surface area contributed by atoms with Crippen LogP contribution in [0.4, 0.5) is 4.39 Å². The molecule has 2 heterocycles. The third kappa shape index (κ3) is 3.40. The van der Waals surface area contributed by atoms with Gasteiger partial charge in [-0.15, -0.1) is 0 Å². The fourth-order valence-electron chi connectivity index (χ4n) is 4.07. The Hall–Kier alpha value is -2.78. The van der Waals surface area contributed by atoms with E-state index in [4.69, 9.17) is 0 Å². The number of aliphatic carboxylic acids is 1. The maximum atomic E-state index is 13.2. The van der Waals surface area contributed by atoms with Crippen molar-refractivity contribution in [1.29, 1.82) is 0 Å². The maximum Gasteiger partial charge on any atom is 0.307 e. The number of rotatable bonds is 5. The fraction of sp³-hybridized carbons (Fsp3) is 0.300. The van der Waals surface area contributed by atoms with Gasteiger partial charge in [0.15, 0.2) is 0 Å². The molecule has 0 radical (unpaired) electrons. The first kappa shape index (κ1) is 19.5. The minimum absolute atomic E-state index is 0.0444. The van der Waals surface area contributed by atoms with Crippen LogP contribution in [0, 0.1) is 5.82 Å². The minimum atomic E-state index is -3.77. The topological polar surface area (TPSA) is 92.0 Å². The molecule has 152 valence electrons. The van der Waals surface area contributed by atoms with Gasteiger partial charge in [0.1, 0.15) is 5.82 Å². The van der Waals surface area contributed by atoms with Crippen LogP contribution in [0.3, 0.4) is 0 Å². The van der Waals surface area contributed by atoms with E-state index in [2.05, 4.69) is 4.98 Å². The number of nitrogens with zero attached hydrogens (tertiary/aromatic N) is 3. The van der Waals surface area contributed by atoms with Crippen LogP contribution in [0.15, 0.2) is 47.8 Å². The molecule has 0 amide bonds. The van der Waals surface area contributed by atoms with Crippen molar-refractivity contribution in [1.82, 2.24) is 13.7 Å². The molecular formula is C20H20FN3O4S. The van der Waals surface area contributed by atoms with E-state index in [9.17, 15) is 22.7 Å². The summed E-state index contributed by atoms with van der Waals surface area (Å²) in [5, 5.41) is 9.29. The number of hydrogen-bond donors (Lipinski definition) is 1. The molecule has 1 aromatic carbocycles. The predicted molar refractivity (Wildman–Crippen MR) is 104 cm³/mol. The van der Waals surface area contributed by atoms with Crippen molar-refractivity contribution < 1.29 is 22.7 Å². The van der Waals surface area contributed by atoms with Crippen LogP contribution in [0.1, 0.15) is 23.2 Å². The normalized spacial score (nSPS) is 16.9. The van der Waals surface area contributed by atoms with Crippen molar-refractivity contribution in [2.75, 3.05) is 7.05 Å². The molecule has 0 saturated heterocycles. The Kier molecular flexibility index (Phi) is 4.87. The lowest BCUT2D eigenvalue weighted by Crippen LogP contribution is -2.40. The first-order valence-electron chi connectivity index (χ1n) is 9.19. The second kappa shape index (κ2) is 7.23. The van der Waals surface area contributed by atoms with Gasteiger partial charge in [-0.25, -0.2) is 12.8 Å². The molecule has 1 aliphatic carbocycles. The maximum absolute atomic E-state index is 13.2. The van der Waals surface area contributed by atoms with E-state index >= 15 is 0 Å². The van der Waals surface area contributed by atoms with Gasteiger partial charge in [0.05, 0.1) is 23.0 Å². The van der Waals surface area contributed by atoms with Crippen LogP contribution >= 0.6 is 0 Å². The van der Waals surface area contributed by atoms with Crippen LogP contribution in [-0.2, 0) is 34.1 Å². The molecule has 9 heteroatoms. The summed E-state index contributed by atoms with van der Waals surface area (Å²) in [4.78, 5) is 15.5. The molecule has 3 aromatic rings. The van der Waals surface area contributed by atoms with E-state index in [1.807, 2.05) is 4.40 Å². The van der Waals surface area contributed by atoms with Crippen molar-refractivity contribution in [3.8, 4) is 0 Å². The van der Waals surface area contributed by atoms with Crippen molar-refractivity contribution in [3.05, 3.63) is 65.5 Å². The fourth-order valence-corrected chi connectivity index (χ4v) is 5.46. The Labute approximate surface area is 167 Å². The highest BCUT2D eigenvalue weighted by atomic mass is 32.2. The summed E-state index contributed by atoms with van der Waals surface area (Å²) in [6, 6.07) is 4.50. The molecule has 7 nitrogen and oxygen atoms in total. The van der Waals surface area contributed by atoms with Crippen LogP contribution in [0.25, 0.3) is 5.52 Å². The number of sulfonamides is 1. The van der Waals surface area contributed by atoms with Gasteiger partial charge in [-0.1, -0.05) is 0 Å². The molecule has 1 atom stereocenters. The molecule has 0 spiro atoms. The molecule has 1 unspecified atom stereocenters. The average Bonchev–Trinajstić information content (AvgIpc) is 3.00. The summed E-state index contributed by atoms with van der Waals surface area (Å²) in [5.41, 5.74) is 3.35. The van der Waals surface area contributed by atoms with Gasteiger partial charge in [-0.2, -0.15) is 4.31 Å². The lowest BCUT2D eigenvalue weighted by Gasteiger charge is -2.31. The quantitative estimate of drug-likeness (QED) is 0.688. The van der Waals surface area contributed by atoms with E-state index in [-0.39, 0.29) is 17.4 Å². The first-order chi connectivity index (χ1) is 13.8. The third-order valence-corrected chi connectivity index (χ3v) is 7.48. The number of halogens is 1. The zero-order valence-corrected chi connectivity index (χ0v) is 16.6. The minimum Gasteiger partial charge on any atom is -0.481 e. The number of benzene rings is 1. The Morgan fingerprint density at radius 2 is 2.07 bits per heavy atom. The molecule has 0 saturated carbocycles. The number of hydrogen-bond acceptors (Lipinski definition) is 4. The second-order valence-corrected chi connectivity index (χ2v) is 9.18. The monoisotopic (exact) mass is 417 g/mol. The van der Waals surface area contributed by atoms with Crippen LogP contribution in [0.2, 0.25) is 0 Å². The molecule has 29 heavy (non-hydrogen) atoms. The van der Waals surface area contributed by atoms with E-state index in [1.54, 1.807) is 18.6 Å². The summed E-state index contributed by atoms with van der Waals surface area (Å²) in [6.07, 6.45) is 6.55. The highest BCUT2D eigenvalue weighted by Gasteiger charge is 2.33. The molecule has 2 aromatic heterocycles. The zero-order valence-electron chi connectivity index (χ0n) is 15.7. The van der Waals surface area contributed by atoms with Crippen molar-refractivity contribution in [2.45, 2.75) is 36.6 Å². The third-order valence-electron chi connectivity index (χ3n) is 5.56. The molecule has 1 aliphatic rings.